The molecule has 9 nitrogen and oxygen atoms in total. The molecule has 11 heteroatoms. The van der Waals surface area contributed by atoms with Crippen molar-refractivity contribution in [2.24, 2.45) is 12.1 Å². The van der Waals surface area contributed by atoms with E-state index in [1.807, 2.05) is 19.4 Å². The molecule has 3 aromatic rings. The molecule has 2 aliphatic heterocycles. The summed E-state index contributed by atoms with van der Waals surface area (Å²) in [5.74, 6) is -0.427. The smallest absolute Gasteiger partial charge is 0.341 e. The van der Waals surface area contributed by atoms with Crippen LogP contribution < -0.4 is 4.74 Å². The fourth-order valence-corrected chi connectivity index (χ4v) is 4.49. The van der Waals surface area contributed by atoms with E-state index in [4.69, 9.17) is 4.74 Å². The van der Waals surface area contributed by atoms with Crippen LogP contribution in [-0.2, 0) is 7.05 Å². The third-order valence-corrected chi connectivity index (χ3v) is 6.24. The van der Waals surface area contributed by atoms with Crippen molar-refractivity contribution in [3.63, 3.8) is 0 Å². The highest BCUT2D eigenvalue weighted by Gasteiger charge is 2.39. The minimum absolute atomic E-state index is 0.113. The number of aryl methyl sites for hydroxylation is 2. The molecule has 1 fully saturated rings. The van der Waals surface area contributed by atoms with Crippen LogP contribution in [0.2, 0.25) is 0 Å². The summed E-state index contributed by atoms with van der Waals surface area (Å²) in [6.07, 6.45) is 6.68. The molecule has 5 heterocycles. The van der Waals surface area contributed by atoms with Gasteiger partial charge in [-0.3, -0.25) is 9.67 Å². The molecule has 0 N–H and O–H groups in total. The fourth-order valence-electron chi connectivity index (χ4n) is 3.75. The van der Waals surface area contributed by atoms with Crippen LogP contribution in [0.25, 0.3) is 11.4 Å². The van der Waals surface area contributed by atoms with E-state index < -0.39 is 5.82 Å². The third-order valence-electron chi connectivity index (χ3n) is 5.36. The minimum atomic E-state index is -0.540. The van der Waals surface area contributed by atoms with E-state index in [2.05, 4.69) is 20.2 Å². The Hall–Kier alpha value is -3.34. The van der Waals surface area contributed by atoms with Gasteiger partial charge in [-0.2, -0.15) is 10.2 Å². The number of hydrogen-bond donors (Lipinski definition) is 0. The molecule has 2 aliphatic rings. The van der Waals surface area contributed by atoms with Crippen LogP contribution >= 0.6 is 11.3 Å². The predicted molar refractivity (Wildman–Crippen MR) is 112 cm³/mol. The van der Waals surface area contributed by atoms with Crippen molar-refractivity contribution in [3.8, 4) is 17.1 Å². The van der Waals surface area contributed by atoms with Gasteiger partial charge in [0.1, 0.15) is 17.2 Å². The fraction of sp³-hybridized carbons (Fsp3) is 0.350. The Morgan fingerprint density at radius 2 is 2.13 bits per heavy atom. The largest absolute Gasteiger partial charge is 0.483 e. The summed E-state index contributed by atoms with van der Waals surface area (Å²) in [6, 6.07) is 1.21. The molecule has 1 saturated heterocycles. The van der Waals surface area contributed by atoms with E-state index >= 15 is 0 Å². The van der Waals surface area contributed by atoms with Gasteiger partial charge in [-0.05, 0) is 12.5 Å². The first kappa shape index (κ1) is 19.6. The number of pyridine rings is 1. The Labute approximate surface area is 181 Å². The summed E-state index contributed by atoms with van der Waals surface area (Å²) < 4.78 is 21.8. The molecule has 31 heavy (non-hydrogen) atoms. The van der Waals surface area contributed by atoms with Gasteiger partial charge in [0.2, 0.25) is 0 Å². The van der Waals surface area contributed by atoms with Crippen molar-refractivity contribution in [1.82, 2.24) is 29.7 Å². The number of halogens is 1. The van der Waals surface area contributed by atoms with E-state index in [9.17, 15) is 9.18 Å². The number of thiazole rings is 1. The average Bonchev–Trinajstić information content (AvgIpc) is 3.46. The van der Waals surface area contributed by atoms with Crippen LogP contribution in [0, 0.1) is 12.7 Å². The number of aromatic nitrogens is 4. The maximum Gasteiger partial charge on any atom is 0.341 e. The van der Waals surface area contributed by atoms with E-state index in [-0.39, 0.29) is 23.9 Å². The van der Waals surface area contributed by atoms with Crippen LogP contribution in [0.4, 0.5) is 9.18 Å². The van der Waals surface area contributed by atoms with Crippen LogP contribution in [0.3, 0.4) is 0 Å². The average molecular weight is 441 g/mol. The molecule has 2 amide bonds. The lowest BCUT2D eigenvalue weighted by atomic mass is 10.1. The first-order valence-corrected chi connectivity index (χ1v) is 10.7. The van der Waals surface area contributed by atoms with Gasteiger partial charge in [0.05, 0.1) is 36.9 Å². The Balaban J connectivity index is 1.24. The quantitative estimate of drug-likeness (QED) is 0.621. The summed E-state index contributed by atoms with van der Waals surface area (Å²) in [6.45, 7) is 2.64. The van der Waals surface area contributed by atoms with E-state index in [1.54, 1.807) is 34.3 Å². The van der Waals surface area contributed by atoms with E-state index in [1.165, 1.54) is 16.3 Å². The second kappa shape index (κ2) is 7.73. The summed E-state index contributed by atoms with van der Waals surface area (Å²) >= 11 is 1.50. The molecule has 0 radical (unpaired) electrons. The number of hydrogen-bond acceptors (Lipinski definition) is 7. The van der Waals surface area contributed by atoms with Crippen LogP contribution in [0.1, 0.15) is 23.0 Å². The zero-order valence-electron chi connectivity index (χ0n) is 17.0. The Kier molecular flexibility index (Phi) is 4.89. The first-order chi connectivity index (χ1) is 15.0. The second-order valence-corrected chi connectivity index (χ2v) is 8.42. The van der Waals surface area contributed by atoms with Gasteiger partial charge >= 0.3 is 6.03 Å². The number of hydrazone groups is 1. The van der Waals surface area contributed by atoms with Gasteiger partial charge in [-0.15, -0.1) is 11.3 Å². The topological polar surface area (TPSA) is 88.7 Å². The minimum Gasteiger partial charge on any atom is -0.483 e. The number of nitrogens with zero attached hydrogens (tertiary/aromatic N) is 7. The SMILES string of the molecule is Cc1cnn(C)c1-c1cc(OC2CN(C(=O)N3N=CCC3c3nccs3)C2)c(F)cn1. The van der Waals surface area contributed by atoms with Gasteiger partial charge in [0.15, 0.2) is 11.6 Å². The van der Waals surface area contributed by atoms with Gasteiger partial charge in [-0.25, -0.2) is 19.2 Å². The molecular formula is C20H20FN7O2S. The zero-order chi connectivity index (χ0) is 21.5. The van der Waals surface area contributed by atoms with Crippen LogP contribution in [-0.4, -0.2) is 61.1 Å². The van der Waals surface area contributed by atoms with E-state index in [0.29, 0.717) is 25.2 Å². The molecule has 3 aromatic heterocycles. The first-order valence-electron chi connectivity index (χ1n) is 9.82. The summed E-state index contributed by atoms with van der Waals surface area (Å²) in [5, 5.41) is 12.6. The number of likely N-dealkylation sites (tertiary alicyclic amines) is 1. The molecule has 1 unspecified atom stereocenters. The normalized spacial score (nSPS) is 18.5. The second-order valence-electron chi connectivity index (χ2n) is 7.49. The Bertz CT molecular complexity index is 1120. The third kappa shape index (κ3) is 3.54. The standard InChI is InChI=1S/C20H20FN7O2S/c1-12-8-25-26(2)18(12)15-7-17(14(21)9-23-15)30-13-10-27(11-13)20(29)28-16(3-4-24-28)19-22-5-6-31-19/h4-9,13,16H,3,10-11H2,1-2H3. The van der Waals surface area contributed by atoms with Crippen molar-refractivity contribution < 1.29 is 13.9 Å². The number of amides is 2. The molecule has 0 aliphatic carbocycles. The van der Waals surface area contributed by atoms with Gasteiger partial charge in [0.25, 0.3) is 0 Å². The highest BCUT2D eigenvalue weighted by atomic mass is 32.1. The molecule has 0 spiro atoms. The van der Waals surface area contributed by atoms with Gasteiger partial charge in [-0.1, -0.05) is 0 Å². The van der Waals surface area contributed by atoms with Crippen molar-refractivity contribution in [1.29, 1.82) is 0 Å². The highest BCUT2D eigenvalue weighted by Crippen LogP contribution is 2.32. The summed E-state index contributed by atoms with van der Waals surface area (Å²) in [7, 11) is 1.81. The predicted octanol–water partition coefficient (Wildman–Crippen LogP) is 3.00. The van der Waals surface area contributed by atoms with Crippen molar-refractivity contribution in [2.75, 3.05) is 13.1 Å². The molecule has 0 aromatic carbocycles. The summed E-state index contributed by atoms with van der Waals surface area (Å²) in [5.41, 5.74) is 2.32. The van der Waals surface area contributed by atoms with Crippen molar-refractivity contribution in [2.45, 2.75) is 25.5 Å². The lowest BCUT2D eigenvalue weighted by molar-refractivity contribution is 0.0257. The van der Waals surface area contributed by atoms with Gasteiger partial charge < -0.3 is 9.64 Å². The number of urea groups is 1. The highest BCUT2D eigenvalue weighted by molar-refractivity contribution is 7.09. The Morgan fingerprint density at radius 1 is 1.29 bits per heavy atom. The molecule has 1 atom stereocenters. The van der Waals surface area contributed by atoms with Crippen LogP contribution in [0.5, 0.6) is 5.75 Å². The number of rotatable bonds is 4. The van der Waals surface area contributed by atoms with Crippen LogP contribution in [0.15, 0.2) is 35.1 Å². The molecule has 5 rings (SSSR count). The lowest BCUT2D eigenvalue weighted by Crippen LogP contribution is -2.58. The Morgan fingerprint density at radius 3 is 2.84 bits per heavy atom. The molecular weight excluding hydrogens is 421 g/mol. The van der Waals surface area contributed by atoms with Crippen molar-refractivity contribution in [3.05, 3.63) is 46.4 Å². The maximum absolute atomic E-state index is 14.3. The zero-order valence-corrected chi connectivity index (χ0v) is 17.8. The summed E-state index contributed by atoms with van der Waals surface area (Å²) in [4.78, 5) is 23.0. The van der Waals surface area contributed by atoms with E-state index in [0.717, 1.165) is 22.5 Å². The monoisotopic (exact) mass is 441 g/mol. The molecule has 160 valence electrons. The maximum atomic E-state index is 14.3. The number of carbonyl (C=O) groups is 1. The van der Waals surface area contributed by atoms with Crippen molar-refractivity contribution >= 4 is 23.6 Å². The number of ether oxygens (including phenoxy) is 1. The molecule has 0 bridgehead atoms. The van der Waals surface area contributed by atoms with Gasteiger partial charge in [0, 0.05) is 37.3 Å². The lowest BCUT2D eigenvalue weighted by Gasteiger charge is -2.40. The molecule has 0 saturated carbocycles. The number of carbonyl (C=O) groups excluding carboxylic acids is 1.